The number of aromatic nitrogens is 7. The maximum atomic E-state index is 13.8. The highest BCUT2D eigenvalue weighted by Gasteiger charge is 2.34. The van der Waals surface area contributed by atoms with Crippen molar-refractivity contribution < 1.29 is 4.79 Å². The molecule has 0 aliphatic heterocycles. The number of aryl methyl sites for hydroxylation is 3. The maximum absolute atomic E-state index is 13.8. The topological polar surface area (TPSA) is 114 Å². The zero-order valence-corrected chi connectivity index (χ0v) is 25.6. The molecule has 1 aliphatic carbocycles. The van der Waals surface area contributed by atoms with Gasteiger partial charge in [-0.15, -0.1) is 6.42 Å². The number of hydrogen-bond donors (Lipinski definition) is 2. The second kappa shape index (κ2) is 14.1. The third-order valence-electron chi connectivity index (χ3n) is 8.80. The van der Waals surface area contributed by atoms with Gasteiger partial charge in [0.2, 0.25) is 5.91 Å². The van der Waals surface area contributed by atoms with Crippen LogP contribution < -0.4 is 5.32 Å². The number of rotatable bonds is 11. The zero-order chi connectivity index (χ0) is 31.0. The van der Waals surface area contributed by atoms with Gasteiger partial charge in [-0.05, 0) is 55.6 Å². The molecule has 4 aromatic heterocycles. The second-order valence-corrected chi connectivity index (χ2v) is 11.9. The Hall–Kier alpha value is -5.10. The molecule has 1 aromatic carbocycles. The zero-order valence-electron chi connectivity index (χ0n) is 25.6. The monoisotopic (exact) mass is 598 g/mol. The molecule has 0 spiro atoms. The van der Waals surface area contributed by atoms with E-state index in [-0.39, 0.29) is 17.7 Å². The number of aromatic amines is 1. The number of pyridine rings is 1. The molecule has 0 bridgehead atoms. The number of benzene rings is 1. The summed E-state index contributed by atoms with van der Waals surface area (Å²) >= 11 is 0. The van der Waals surface area contributed by atoms with Crippen molar-refractivity contribution in [3.63, 3.8) is 0 Å². The van der Waals surface area contributed by atoms with Gasteiger partial charge in [-0.25, -0.2) is 15.0 Å². The molecule has 9 nitrogen and oxygen atoms in total. The Morgan fingerprint density at radius 1 is 1.02 bits per heavy atom. The molecule has 0 radical (unpaired) electrons. The van der Waals surface area contributed by atoms with Crippen molar-refractivity contribution in [3.05, 3.63) is 114 Å². The minimum absolute atomic E-state index is 0.0262. The first-order chi connectivity index (χ1) is 22.1. The lowest BCUT2D eigenvalue weighted by molar-refractivity contribution is -0.124. The summed E-state index contributed by atoms with van der Waals surface area (Å²) in [5.41, 5.74) is 5.50. The minimum Gasteiger partial charge on any atom is -0.351 e. The lowest BCUT2D eigenvalue weighted by Gasteiger charge is -2.33. The Morgan fingerprint density at radius 2 is 1.87 bits per heavy atom. The van der Waals surface area contributed by atoms with Crippen LogP contribution in [0.3, 0.4) is 0 Å². The summed E-state index contributed by atoms with van der Waals surface area (Å²) < 4.78 is 1.78. The third kappa shape index (κ3) is 7.52. The SMILES string of the molecule is C#Cc1cnc(C[C@H]2CC[C@H](C(C(=O)NCc3ccccc3)c3ccc(-c4cnn(C)c4)cn3)CC2)nc1CCc1ncc[nH]1. The van der Waals surface area contributed by atoms with Crippen LogP contribution in [0.25, 0.3) is 11.1 Å². The van der Waals surface area contributed by atoms with Crippen molar-refractivity contribution in [3.8, 4) is 23.5 Å². The molecule has 1 saturated carbocycles. The third-order valence-corrected chi connectivity index (χ3v) is 8.80. The number of terminal acetylenes is 1. The Morgan fingerprint density at radius 3 is 2.56 bits per heavy atom. The molecule has 1 amide bonds. The summed E-state index contributed by atoms with van der Waals surface area (Å²) in [6, 6.07) is 14.1. The fourth-order valence-corrected chi connectivity index (χ4v) is 6.34. The van der Waals surface area contributed by atoms with E-state index >= 15 is 0 Å². The second-order valence-electron chi connectivity index (χ2n) is 11.9. The van der Waals surface area contributed by atoms with Gasteiger partial charge >= 0.3 is 0 Å². The minimum atomic E-state index is -0.322. The first-order valence-corrected chi connectivity index (χ1v) is 15.6. The number of carbonyl (C=O) groups excluding carboxylic acids is 1. The number of H-pyrrole nitrogens is 1. The number of nitrogens with one attached hydrogen (secondary N) is 2. The predicted octanol–water partition coefficient (Wildman–Crippen LogP) is 5.21. The number of amides is 1. The van der Waals surface area contributed by atoms with Crippen molar-refractivity contribution in [2.75, 3.05) is 0 Å². The number of imidazole rings is 1. The van der Waals surface area contributed by atoms with Crippen molar-refractivity contribution in [1.82, 2.24) is 40.0 Å². The van der Waals surface area contributed by atoms with Crippen molar-refractivity contribution >= 4 is 5.91 Å². The normalized spacial score (nSPS) is 17.0. The molecule has 1 unspecified atom stereocenters. The molecule has 4 heterocycles. The summed E-state index contributed by atoms with van der Waals surface area (Å²) in [6.45, 7) is 0.493. The fraction of sp³-hybridized carbons (Fsp3) is 0.333. The summed E-state index contributed by atoms with van der Waals surface area (Å²) in [7, 11) is 1.90. The van der Waals surface area contributed by atoms with Gasteiger partial charge in [0.05, 0.1) is 29.1 Å². The van der Waals surface area contributed by atoms with Crippen molar-refractivity contribution in [2.24, 2.45) is 18.9 Å². The van der Waals surface area contributed by atoms with Crippen LogP contribution in [0.15, 0.2) is 79.6 Å². The highest BCUT2D eigenvalue weighted by Crippen LogP contribution is 2.39. The van der Waals surface area contributed by atoms with Gasteiger partial charge in [0.1, 0.15) is 11.6 Å². The van der Waals surface area contributed by atoms with Crippen LogP contribution in [-0.4, -0.2) is 40.6 Å². The Kier molecular flexibility index (Phi) is 9.40. The molecule has 1 aliphatic rings. The first-order valence-electron chi connectivity index (χ1n) is 15.6. The van der Waals surface area contributed by atoms with E-state index in [2.05, 4.69) is 31.3 Å². The van der Waals surface area contributed by atoms with E-state index in [1.54, 1.807) is 17.1 Å². The van der Waals surface area contributed by atoms with Gasteiger partial charge in [0, 0.05) is 68.5 Å². The molecule has 6 rings (SSSR count). The van der Waals surface area contributed by atoms with Crippen LogP contribution >= 0.6 is 0 Å². The van der Waals surface area contributed by atoms with E-state index in [4.69, 9.17) is 16.4 Å². The molecule has 0 saturated heterocycles. The quantitative estimate of drug-likeness (QED) is 0.202. The van der Waals surface area contributed by atoms with Crippen LogP contribution in [0.4, 0.5) is 0 Å². The molecule has 1 atom stereocenters. The van der Waals surface area contributed by atoms with E-state index < -0.39 is 0 Å². The van der Waals surface area contributed by atoms with Crippen LogP contribution in [-0.2, 0) is 37.6 Å². The maximum Gasteiger partial charge on any atom is 0.229 e. The molecule has 45 heavy (non-hydrogen) atoms. The molecule has 5 aromatic rings. The van der Waals surface area contributed by atoms with Gasteiger partial charge in [-0.2, -0.15) is 5.10 Å². The average Bonchev–Trinajstić information content (AvgIpc) is 3.77. The number of carbonyl (C=O) groups is 1. The lowest BCUT2D eigenvalue weighted by atomic mass is 9.73. The Bertz CT molecular complexity index is 1730. The van der Waals surface area contributed by atoms with Gasteiger partial charge in [-0.3, -0.25) is 14.5 Å². The Balaban J connectivity index is 1.13. The molecule has 228 valence electrons. The van der Waals surface area contributed by atoms with E-state index in [1.807, 2.05) is 74.3 Å². The van der Waals surface area contributed by atoms with Crippen molar-refractivity contribution in [1.29, 1.82) is 0 Å². The number of hydrogen-bond acceptors (Lipinski definition) is 6. The molecule has 9 heteroatoms. The summed E-state index contributed by atoms with van der Waals surface area (Å²) in [5, 5.41) is 7.48. The number of nitrogens with zero attached hydrogens (tertiary/aromatic N) is 6. The highest BCUT2D eigenvalue weighted by atomic mass is 16.1. The molecule has 1 fully saturated rings. The smallest absolute Gasteiger partial charge is 0.229 e. The van der Waals surface area contributed by atoms with E-state index in [9.17, 15) is 4.79 Å². The standard InChI is InChI=1S/C36H38N8O/c1-3-27-21-40-34(43-31(27)15-16-33-37-17-18-38-33)19-25-9-11-28(12-10-25)35(36(45)41-20-26-7-5-4-6-8-26)32-14-13-29(22-39-32)30-23-42-44(2)24-30/h1,4-8,13-14,17-18,21-25,28,35H,9-12,15-16,19-20H2,2H3,(H,37,38)(H,41,45)/t25-,28-,35?. The first kappa shape index (κ1) is 29.9. The largest absolute Gasteiger partial charge is 0.351 e. The van der Waals surface area contributed by atoms with Gasteiger partial charge in [0.15, 0.2) is 0 Å². The molecular formula is C36H38N8O. The van der Waals surface area contributed by atoms with E-state index in [0.717, 1.165) is 83.8 Å². The summed E-state index contributed by atoms with van der Waals surface area (Å²) in [5.74, 6) is 4.83. The Labute approximate surface area is 264 Å². The van der Waals surface area contributed by atoms with Crippen LogP contribution in [0.2, 0.25) is 0 Å². The predicted molar refractivity (Wildman–Crippen MR) is 173 cm³/mol. The molecule has 2 N–H and O–H groups in total. The van der Waals surface area contributed by atoms with Gasteiger partial charge in [0.25, 0.3) is 0 Å². The van der Waals surface area contributed by atoms with E-state index in [1.165, 1.54) is 0 Å². The summed E-state index contributed by atoms with van der Waals surface area (Å²) in [6.07, 6.45) is 22.9. The van der Waals surface area contributed by atoms with Gasteiger partial charge in [-0.1, -0.05) is 42.3 Å². The van der Waals surface area contributed by atoms with Crippen LogP contribution in [0.5, 0.6) is 0 Å². The summed E-state index contributed by atoms with van der Waals surface area (Å²) in [4.78, 5) is 35.6. The van der Waals surface area contributed by atoms with Crippen molar-refractivity contribution in [2.45, 2.75) is 57.4 Å². The van der Waals surface area contributed by atoms with Crippen LogP contribution in [0, 0.1) is 24.2 Å². The fourth-order valence-electron chi connectivity index (χ4n) is 6.34. The molecular weight excluding hydrogens is 560 g/mol. The van der Waals surface area contributed by atoms with Gasteiger partial charge < -0.3 is 10.3 Å². The lowest BCUT2D eigenvalue weighted by Crippen LogP contribution is -2.35. The average molecular weight is 599 g/mol. The van der Waals surface area contributed by atoms with Crippen LogP contribution in [0.1, 0.15) is 65.8 Å². The highest BCUT2D eigenvalue weighted by molar-refractivity contribution is 5.83. The van der Waals surface area contributed by atoms with E-state index in [0.29, 0.717) is 18.9 Å².